The molecule has 1 aromatic carbocycles. The van der Waals surface area contributed by atoms with Gasteiger partial charge in [-0.3, -0.25) is 9.59 Å². The number of carbonyl (C=O) groups is 2. The van der Waals surface area contributed by atoms with Gasteiger partial charge in [-0.05, 0) is 37.1 Å². The molecule has 2 fully saturated rings. The molecule has 6 heteroatoms. The van der Waals surface area contributed by atoms with Crippen LogP contribution in [0.15, 0.2) is 24.3 Å². The molecule has 2 amide bonds. The number of methoxy groups -OCH3 is 1. The Hall–Kier alpha value is -2.24. The molecular weight excluding hydrogens is 318 g/mol. The van der Waals surface area contributed by atoms with Crippen LogP contribution in [-0.4, -0.2) is 68.5 Å². The van der Waals surface area contributed by atoms with Crippen molar-refractivity contribution in [2.75, 3.05) is 51.8 Å². The molecule has 1 atom stereocenters. The van der Waals surface area contributed by atoms with Crippen molar-refractivity contribution in [1.29, 1.82) is 0 Å². The standard InChI is InChI=1S/C19H27N3O3/c1-20-11-8-15(14-18(20)23)19(24)22-10-3-9-21(12-13-22)16-4-6-17(25-2)7-5-16/h4-7,15H,3,8-14H2,1-2H3/t15-/m1/s1. The van der Waals surface area contributed by atoms with Gasteiger partial charge in [-0.1, -0.05) is 0 Å². The number of anilines is 1. The summed E-state index contributed by atoms with van der Waals surface area (Å²) < 4.78 is 5.21. The SMILES string of the molecule is COc1ccc(N2CCCN(C(=O)[C@@H]3CCN(C)C(=O)C3)CC2)cc1. The first-order valence-corrected chi connectivity index (χ1v) is 9.00. The van der Waals surface area contributed by atoms with E-state index in [1.54, 1.807) is 12.0 Å². The molecule has 2 heterocycles. The van der Waals surface area contributed by atoms with Crippen LogP contribution < -0.4 is 9.64 Å². The van der Waals surface area contributed by atoms with E-state index in [-0.39, 0.29) is 17.7 Å². The molecule has 0 aliphatic carbocycles. The zero-order chi connectivity index (χ0) is 17.8. The third-order valence-electron chi connectivity index (χ3n) is 5.25. The van der Waals surface area contributed by atoms with E-state index in [0.29, 0.717) is 19.5 Å². The van der Waals surface area contributed by atoms with Gasteiger partial charge in [-0.25, -0.2) is 0 Å². The van der Waals surface area contributed by atoms with Gasteiger partial charge in [0.2, 0.25) is 11.8 Å². The highest BCUT2D eigenvalue weighted by molar-refractivity contribution is 5.87. The molecule has 6 nitrogen and oxygen atoms in total. The Kier molecular flexibility index (Phi) is 5.46. The Morgan fingerprint density at radius 1 is 1.08 bits per heavy atom. The Morgan fingerprint density at radius 2 is 1.84 bits per heavy atom. The van der Waals surface area contributed by atoms with Crippen LogP contribution in [0, 0.1) is 5.92 Å². The van der Waals surface area contributed by atoms with Crippen LogP contribution in [0.3, 0.4) is 0 Å². The van der Waals surface area contributed by atoms with Crippen molar-refractivity contribution in [2.45, 2.75) is 19.3 Å². The summed E-state index contributed by atoms with van der Waals surface area (Å²) in [6.45, 7) is 3.92. The van der Waals surface area contributed by atoms with Crippen molar-refractivity contribution < 1.29 is 14.3 Å². The molecule has 0 saturated carbocycles. The third-order valence-corrected chi connectivity index (χ3v) is 5.25. The first-order valence-electron chi connectivity index (χ1n) is 9.00. The molecule has 0 N–H and O–H groups in total. The Bertz CT molecular complexity index is 617. The van der Waals surface area contributed by atoms with Crippen molar-refractivity contribution in [1.82, 2.24) is 9.80 Å². The Morgan fingerprint density at radius 3 is 2.52 bits per heavy atom. The summed E-state index contributed by atoms with van der Waals surface area (Å²) in [5, 5.41) is 0. The molecule has 25 heavy (non-hydrogen) atoms. The van der Waals surface area contributed by atoms with Crippen molar-refractivity contribution in [3.63, 3.8) is 0 Å². The summed E-state index contributed by atoms with van der Waals surface area (Å²) in [5.74, 6) is 0.941. The Balaban J connectivity index is 1.59. The summed E-state index contributed by atoms with van der Waals surface area (Å²) in [6, 6.07) is 8.05. The average Bonchev–Trinajstić information content (AvgIpc) is 2.89. The van der Waals surface area contributed by atoms with Gasteiger partial charge in [0.25, 0.3) is 0 Å². The zero-order valence-electron chi connectivity index (χ0n) is 15.1. The van der Waals surface area contributed by atoms with Crippen molar-refractivity contribution in [3.8, 4) is 5.75 Å². The van der Waals surface area contributed by atoms with Gasteiger partial charge in [0.15, 0.2) is 0 Å². The van der Waals surface area contributed by atoms with E-state index in [4.69, 9.17) is 4.74 Å². The van der Waals surface area contributed by atoms with Crippen molar-refractivity contribution >= 4 is 17.5 Å². The number of ether oxygens (including phenoxy) is 1. The lowest BCUT2D eigenvalue weighted by atomic mass is 9.95. The zero-order valence-corrected chi connectivity index (χ0v) is 15.1. The smallest absolute Gasteiger partial charge is 0.226 e. The molecule has 136 valence electrons. The number of piperidine rings is 1. The normalized spacial score (nSPS) is 21.9. The summed E-state index contributed by atoms with van der Waals surface area (Å²) in [5.41, 5.74) is 1.16. The summed E-state index contributed by atoms with van der Waals surface area (Å²) in [7, 11) is 3.47. The first kappa shape index (κ1) is 17.6. The summed E-state index contributed by atoms with van der Waals surface area (Å²) in [4.78, 5) is 30.7. The maximum Gasteiger partial charge on any atom is 0.226 e. The van der Waals surface area contributed by atoms with Gasteiger partial charge in [-0.2, -0.15) is 0 Å². The number of hydrogen-bond donors (Lipinski definition) is 0. The van der Waals surface area contributed by atoms with Crippen LogP contribution in [0.4, 0.5) is 5.69 Å². The molecule has 2 aliphatic heterocycles. The van der Waals surface area contributed by atoms with Crippen LogP contribution in [0.1, 0.15) is 19.3 Å². The van der Waals surface area contributed by atoms with Gasteiger partial charge >= 0.3 is 0 Å². The minimum Gasteiger partial charge on any atom is -0.497 e. The second-order valence-corrected chi connectivity index (χ2v) is 6.87. The molecule has 3 rings (SSSR count). The molecule has 0 radical (unpaired) electrons. The number of carbonyl (C=O) groups excluding carboxylic acids is 2. The van der Waals surface area contributed by atoms with Gasteiger partial charge in [0.05, 0.1) is 7.11 Å². The van der Waals surface area contributed by atoms with Crippen LogP contribution >= 0.6 is 0 Å². The first-order chi connectivity index (χ1) is 12.1. The molecular formula is C19H27N3O3. The molecule has 0 aromatic heterocycles. The highest BCUT2D eigenvalue weighted by atomic mass is 16.5. The van der Waals surface area contributed by atoms with E-state index in [9.17, 15) is 9.59 Å². The number of amides is 2. The van der Waals surface area contributed by atoms with E-state index in [1.165, 1.54) is 0 Å². The minimum absolute atomic E-state index is 0.0827. The molecule has 2 aliphatic rings. The quantitative estimate of drug-likeness (QED) is 0.835. The minimum atomic E-state index is -0.142. The molecule has 0 bridgehead atoms. The number of nitrogens with zero attached hydrogens (tertiary/aromatic N) is 3. The fourth-order valence-electron chi connectivity index (χ4n) is 3.60. The second kappa shape index (κ2) is 7.76. The predicted octanol–water partition coefficient (Wildman–Crippen LogP) is 1.60. The van der Waals surface area contributed by atoms with Gasteiger partial charge < -0.3 is 19.4 Å². The number of likely N-dealkylation sites (tertiary alicyclic amines) is 1. The van der Waals surface area contributed by atoms with Gasteiger partial charge in [0, 0.05) is 57.8 Å². The summed E-state index contributed by atoms with van der Waals surface area (Å²) in [6.07, 6.45) is 2.08. The monoisotopic (exact) mass is 345 g/mol. The largest absolute Gasteiger partial charge is 0.497 e. The Labute approximate surface area is 149 Å². The molecule has 2 saturated heterocycles. The molecule has 0 unspecified atom stereocenters. The predicted molar refractivity (Wildman–Crippen MR) is 96.8 cm³/mol. The average molecular weight is 345 g/mol. The second-order valence-electron chi connectivity index (χ2n) is 6.87. The van der Waals surface area contributed by atoms with Crippen molar-refractivity contribution in [3.05, 3.63) is 24.3 Å². The van der Waals surface area contributed by atoms with Crippen molar-refractivity contribution in [2.24, 2.45) is 5.92 Å². The van der Waals surface area contributed by atoms with E-state index in [2.05, 4.69) is 17.0 Å². The maximum absolute atomic E-state index is 12.8. The lowest BCUT2D eigenvalue weighted by Gasteiger charge is -2.31. The van der Waals surface area contributed by atoms with E-state index < -0.39 is 0 Å². The third kappa shape index (κ3) is 4.06. The highest BCUT2D eigenvalue weighted by Gasteiger charge is 2.32. The van der Waals surface area contributed by atoms with Crippen LogP contribution in [0.5, 0.6) is 5.75 Å². The topological polar surface area (TPSA) is 53.1 Å². The number of benzene rings is 1. The van der Waals surface area contributed by atoms with Crippen LogP contribution in [-0.2, 0) is 9.59 Å². The number of hydrogen-bond acceptors (Lipinski definition) is 4. The fourth-order valence-corrected chi connectivity index (χ4v) is 3.60. The lowest BCUT2D eigenvalue weighted by Crippen LogP contribution is -2.44. The van der Waals surface area contributed by atoms with Crippen LogP contribution in [0.2, 0.25) is 0 Å². The fraction of sp³-hybridized carbons (Fsp3) is 0.579. The van der Waals surface area contributed by atoms with Gasteiger partial charge in [0.1, 0.15) is 5.75 Å². The lowest BCUT2D eigenvalue weighted by molar-refractivity contribution is -0.144. The van der Waals surface area contributed by atoms with Gasteiger partial charge in [-0.15, -0.1) is 0 Å². The van der Waals surface area contributed by atoms with Crippen LogP contribution in [0.25, 0.3) is 0 Å². The molecule has 1 aromatic rings. The maximum atomic E-state index is 12.8. The summed E-state index contributed by atoms with van der Waals surface area (Å²) >= 11 is 0. The number of rotatable bonds is 3. The van der Waals surface area contributed by atoms with E-state index >= 15 is 0 Å². The van der Waals surface area contributed by atoms with E-state index in [1.807, 2.05) is 24.1 Å². The highest BCUT2D eigenvalue weighted by Crippen LogP contribution is 2.23. The van der Waals surface area contributed by atoms with E-state index in [0.717, 1.165) is 43.9 Å². The molecule has 0 spiro atoms.